The Bertz CT molecular complexity index is 724. The van der Waals surface area contributed by atoms with E-state index in [0.717, 1.165) is 28.4 Å². The molecule has 0 saturated carbocycles. The van der Waals surface area contributed by atoms with Gasteiger partial charge in [-0.15, -0.1) is 0 Å². The fourth-order valence-electron chi connectivity index (χ4n) is 2.01. The molecule has 0 unspecified atom stereocenters. The monoisotopic (exact) mass is 527 g/mol. The Balaban J connectivity index is 0.000000595. The molecule has 0 aliphatic heterocycles. The number of pyridine rings is 2. The van der Waals surface area contributed by atoms with Crippen molar-refractivity contribution in [2.45, 2.75) is 0 Å². The van der Waals surface area contributed by atoms with Crippen molar-refractivity contribution in [1.29, 1.82) is 0 Å². The number of hydrogen-bond donors (Lipinski definition) is 0. The first kappa shape index (κ1) is 17.9. The second-order valence-corrected chi connectivity index (χ2v) is 7.68. The van der Waals surface area contributed by atoms with Gasteiger partial charge in [0.1, 0.15) is 5.75 Å². The first-order chi connectivity index (χ1) is 11.3. The Morgan fingerprint density at radius 2 is 1.48 bits per heavy atom. The fraction of sp³-hybridized carbons (Fsp3) is 0.0588. The standard InChI is InChI=1S/C17H14N2O.2ClH.Pt/c1-20-14-10-8-13(9-11-14)15-6-4-7-17(19-15)16-5-2-3-12-18-16;;;/h2-12H,1H3;2*1H;/q;;;+2/p-2. The van der Waals surface area contributed by atoms with Crippen LogP contribution in [0.3, 0.4) is 0 Å². The van der Waals surface area contributed by atoms with Gasteiger partial charge in [-0.25, -0.2) is 4.98 Å². The summed E-state index contributed by atoms with van der Waals surface area (Å²) in [6.45, 7) is 0. The van der Waals surface area contributed by atoms with Crippen molar-refractivity contribution >= 4 is 18.8 Å². The zero-order valence-electron chi connectivity index (χ0n) is 12.2. The van der Waals surface area contributed by atoms with E-state index in [2.05, 4.69) is 9.97 Å². The summed E-state index contributed by atoms with van der Waals surface area (Å²) in [4.78, 5) is 8.99. The maximum atomic E-state index is 5.17. The second-order valence-electron chi connectivity index (χ2n) is 4.40. The summed E-state index contributed by atoms with van der Waals surface area (Å²) in [6.07, 6.45) is 1.77. The van der Waals surface area contributed by atoms with E-state index < -0.39 is 16.5 Å². The number of nitrogens with zero attached hydrogens (tertiary/aromatic N) is 2. The van der Waals surface area contributed by atoms with Crippen LogP contribution in [0, 0.1) is 0 Å². The van der Waals surface area contributed by atoms with Crippen molar-refractivity contribution in [3.63, 3.8) is 0 Å². The third-order valence-corrected chi connectivity index (χ3v) is 3.06. The molecule has 0 fully saturated rings. The van der Waals surface area contributed by atoms with Crippen LogP contribution in [0.15, 0.2) is 66.9 Å². The van der Waals surface area contributed by atoms with Crippen molar-refractivity contribution in [2.75, 3.05) is 7.11 Å². The number of aromatic nitrogens is 2. The molecule has 122 valence electrons. The van der Waals surface area contributed by atoms with Gasteiger partial charge >= 0.3 is 35.3 Å². The zero-order valence-corrected chi connectivity index (χ0v) is 16.0. The summed E-state index contributed by atoms with van der Waals surface area (Å²) < 4.78 is 5.17. The van der Waals surface area contributed by atoms with Crippen molar-refractivity contribution < 1.29 is 21.2 Å². The number of halogens is 2. The topological polar surface area (TPSA) is 35.0 Å². The third-order valence-electron chi connectivity index (χ3n) is 3.06. The summed E-state index contributed by atoms with van der Waals surface area (Å²) >= 11 is -0.472. The van der Waals surface area contributed by atoms with Crippen molar-refractivity contribution in [1.82, 2.24) is 9.97 Å². The Morgan fingerprint density at radius 3 is 2.09 bits per heavy atom. The molecule has 0 N–H and O–H groups in total. The van der Waals surface area contributed by atoms with E-state index in [1.165, 1.54) is 0 Å². The minimum absolute atomic E-state index is 0.472. The number of benzene rings is 1. The molecular weight excluding hydrogens is 514 g/mol. The molecule has 6 heteroatoms. The molecule has 0 atom stereocenters. The molecule has 1 aromatic carbocycles. The van der Waals surface area contributed by atoms with Crippen LogP contribution >= 0.6 is 18.8 Å². The maximum absolute atomic E-state index is 5.17. The summed E-state index contributed by atoms with van der Waals surface area (Å²) in [5.41, 5.74) is 3.74. The Kier molecular flexibility index (Phi) is 7.54. The average molecular weight is 528 g/mol. The predicted octanol–water partition coefficient (Wildman–Crippen LogP) is 5.20. The second kappa shape index (κ2) is 9.67. The van der Waals surface area contributed by atoms with Gasteiger partial charge in [0.25, 0.3) is 0 Å². The Morgan fingerprint density at radius 1 is 0.826 bits per heavy atom. The first-order valence-electron chi connectivity index (χ1n) is 6.63. The molecule has 2 heterocycles. The van der Waals surface area contributed by atoms with Gasteiger partial charge in [0.05, 0.1) is 24.2 Å². The number of rotatable bonds is 3. The van der Waals surface area contributed by atoms with Crippen LogP contribution in [0.25, 0.3) is 22.6 Å². The van der Waals surface area contributed by atoms with Crippen LogP contribution in [0.4, 0.5) is 0 Å². The molecule has 0 radical (unpaired) electrons. The van der Waals surface area contributed by atoms with Gasteiger partial charge in [-0.2, -0.15) is 0 Å². The molecule has 0 bridgehead atoms. The molecule has 3 rings (SSSR count). The zero-order chi connectivity index (χ0) is 16.5. The van der Waals surface area contributed by atoms with E-state index in [1.807, 2.05) is 60.7 Å². The summed E-state index contributed by atoms with van der Waals surface area (Å²) in [5.74, 6) is 0.842. The van der Waals surface area contributed by atoms with Gasteiger partial charge in [-0.1, -0.05) is 12.1 Å². The minimum atomic E-state index is -0.472. The molecule has 3 nitrogen and oxygen atoms in total. The molecule has 0 aliphatic rings. The molecule has 23 heavy (non-hydrogen) atoms. The average Bonchev–Trinajstić information content (AvgIpc) is 2.63. The SMILES string of the molecule is COc1ccc(-c2cccc(-c3ccccn3)n2)cc1.[Cl][Pt][Cl]. The predicted molar refractivity (Wildman–Crippen MR) is 91.2 cm³/mol. The summed E-state index contributed by atoms with van der Waals surface area (Å²) in [6, 6.07) is 19.7. The molecule has 0 saturated heterocycles. The van der Waals surface area contributed by atoms with Gasteiger partial charge in [0.15, 0.2) is 0 Å². The summed E-state index contributed by atoms with van der Waals surface area (Å²) in [5, 5.41) is 0. The van der Waals surface area contributed by atoms with Gasteiger partial charge in [0, 0.05) is 11.8 Å². The van der Waals surface area contributed by atoms with E-state index in [9.17, 15) is 0 Å². The summed E-state index contributed by atoms with van der Waals surface area (Å²) in [7, 11) is 11.4. The third kappa shape index (κ3) is 5.31. The van der Waals surface area contributed by atoms with E-state index >= 15 is 0 Å². The van der Waals surface area contributed by atoms with E-state index in [-0.39, 0.29) is 0 Å². The number of hydrogen-bond acceptors (Lipinski definition) is 3. The van der Waals surface area contributed by atoms with Gasteiger partial charge in [-0.05, 0) is 48.5 Å². The van der Waals surface area contributed by atoms with Gasteiger partial charge in [0.2, 0.25) is 0 Å². The fourth-order valence-corrected chi connectivity index (χ4v) is 2.01. The van der Waals surface area contributed by atoms with Crippen LogP contribution in [0.1, 0.15) is 0 Å². The molecule has 0 amide bonds. The first-order valence-corrected chi connectivity index (χ1v) is 12.3. The molecule has 0 aliphatic carbocycles. The normalized spacial score (nSPS) is 9.87. The molecular formula is C17H14Cl2N2OPt. The van der Waals surface area contributed by atoms with Crippen LogP contribution in [0.5, 0.6) is 5.75 Å². The number of methoxy groups -OCH3 is 1. The van der Waals surface area contributed by atoms with Crippen LogP contribution in [-0.4, -0.2) is 17.1 Å². The van der Waals surface area contributed by atoms with Gasteiger partial charge in [-0.3, -0.25) is 4.98 Å². The quantitative estimate of drug-likeness (QED) is 0.469. The van der Waals surface area contributed by atoms with E-state index in [4.69, 9.17) is 23.6 Å². The van der Waals surface area contributed by atoms with Crippen LogP contribution in [0.2, 0.25) is 0 Å². The van der Waals surface area contributed by atoms with E-state index in [0.29, 0.717) is 0 Å². The van der Waals surface area contributed by atoms with Crippen molar-refractivity contribution in [3.8, 4) is 28.4 Å². The Labute approximate surface area is 152 Å². The van der Waals surface area contributed by atoms with Crippen LogP contribution < -0.4 is 4.74 Å². The molecule has 2 aromatic heterocycles. The van der Waals surface area contributed by atoms with Gasteiger partial charge < -0.3 is 4.74 Å². The van der Waals surface area contributed by atoms with Crippen molar-refractivity contribution in [2.24, 2.45) is 0 Å². The number of ether oxygens (including phenoxy) is 1. The van der Waals surface area contributed by atoms with E-state index in [1.54, 1.807) is 13.3 Å². The van der Waals surface area contributed by atoms with Crippen molar-refractivity contribution in [3.05, 3.63) is 66.9 Å². The molecule has 0 spiro atoms. The van der Waals surface area contributed by atoms with Crippen LogP contribution in [-0.2, 0) is 16.5 Å². The Hall–Kier alpha value is -1.41. The molecule has 3 aromatic rings.